The molecule has 3 aromatic carbocycles. The van der Waals surface area contributed by atoms with E-state index in [2.05, 4.69) is 74.5 Å². The van der Waals surface area contributed by atoms with Gasteiger partial charge in [0, 0.05) is 11.8 Å². The summed E-state index contributed by atoms with van der Waals surface area (Å²) in [6, 6.07) is 22.7. The molecular formula is C22H18. The van der Waals surface area contributed by atoms with E-state index < -0.39 is 0 Å². The highest BCUT2D eigenvalue weighted by molar-refractivity contribution is 5.70. The van der Waals surface area contributed by atoms with Crippen LogP contribution in [0.25, 0.3) is 0 Å². The van der Waals surface area contributed by atoms with Gasteiger partial charge in [-0.3, -0.25) is 0 Å². The molecule has 2 bridgehead atoms. The van der Waals surface area contributed by atoms with Crippen molar-refractivity contribution in [3.8, 4) is 0 Å². The van der Waals surface area contributed by atoms with E-state index in [0.29, 0.717) is 11.8 Å². The van der Waals surface area contributed by atoms with Crippen LogP contribution in [0.3, 0.4) is 0 Å². The normalized spacial score (nSPS) is 20.3. The summed E-state index contributed by atoms with van der Waals surface area (Å²) in [4.78, 5) is 0. The van der Waals surface area contributed by atoms with Gasteiger partial charge in [0.2, 0.25) is 0 Å². The maximum atomic E-state index is 2.33. The van der Waals surface area contributed by atoms with Gasteiger partial charge in [0.1, 0.15) is 0 Å². The zero-order valence-corrected chi connectivity index (χ0v) is 12.9. The number of hydrogen-bond donors (Lipinski definition) is 0. The van der Waals surface area contributed by atoms with Crippen molar-refractivity contribution in [1.29, 1.82) is 0 Å². The van der Waals surface area contributed by atoms with Crippen LogP contribution in [0, 0.1) is 13.8 Å². The molecule has 0 N–H and O–H groups in total. The summed E-state index contributed by atoms with van der Waals surface area (Å²) in [5.74, 6) is 0.819. The van der Waals surface area contributed by atoms with Crippen molar-refractivity contribution in [3.63, 3.8) is 0 Å². The van der Waals surface area contributed by atoms with Crippen LogP contribution in [0.4, 0.5) is 0 Å². The van der Waals surface area contributed by atoms with E-state index in [0.717, 1.165) is 0 Å². The Morgan fingerprint density at radius 3 is 1.50 bits per heavy atom. The number of rotatable bonds is 0. The molecule has 106 valence electrons. The quantitative estimate of drug-likeness (QED) is 0.362. The molecule has 0 radical (unpaired) electrons. The molecule has 0 fully saturated rings. The second-order valence-corrected chi connectivity index (χ2v) is 6.65. The second kappa shape index (κ2) is 4.10. The van der Waals surface area contributed by atoms with Crippen molar-refractivity contribution in [1.82, 2.24) is 0 Å². The highest BCUT2D eigenvalue weighted by Crippen LogP contribution is 2.56. The van der Waals surface area contributed by atoms with Crippen LogP contribution in [-0.2, 0) is 0 Å². The summed E-state index contributed by atoms with van der Waals surface area (Å²) >= 11 is 0. The Balaban J connectivity index is 1.96. The first-order valence-corrected chi connectivity index (χ1v) is 8.05. The summed E-state index contributed by atoms with van der Waals surface area (Å²) in [6.45, 7) is 4.53. The zero-order valence-electron chi connectivity index (χ0n) is 12.9. The van der Waals surface area contributed by atoms with Crippen LogP contribution in [0.1, 0.15) is 56.3 Å². The molecule has 0 saturated heterocycles. The molecule has 3 aliphatic carbocycles. The standard InChI is InChI=1S/C22H18/c1-13-7-5-11-17-19(13)22-16-10-4-3-9-15(16)21(17)18-12-6-8-14(2)20(18)22/h3-12,21-22H,1-2H3. The first-order valence-electron chi connectivity index (χ1n) is 8.05. The van der Waals surface area contributed by atoms with Crippen LogP contribution in [0.15, 0.2) is 60.7 Å². The Morgan fingerprint density at radius 2 is 0.955 bits per heavy atom. The SMILES string of the molecule is Cc1cccc2c1C1c3ccccc3C2c2cccc(C)c21. The zero-order chi connectivity index (χ0) is 14.8. The lowest BCUT2D eigenvalue weighted by atomic mass is 9.59. The topological polar surface area (TPSA) is 0 Å². The Kier molecular flexibility index (Phi) is 2.28. The highest BCUT2D eigenvalue weighted by Gasteiger charge is 2.42. The highest BCUT2D eigenvalue weighted by atomic mass is 14.4. The molecule has 0 heterocycles. The predicted octanol–water partition coefficient (Wildman–Crippen LogP) is 5.29. The lowest BCUT2D eigenvalue weighted by Gasteiger charge is -2.43. The van der Waals surface area contributed by atoms with Crippen molar-refractivity contribution in [2.75, 3.05) is 0 Å². The van der Waals surface area contributed by atoms with Gasteiger partial charge in [-0.15, -0.1) is 0 Å². The summed E-state index contributed by atoms with van der Waals surface area (Å²) in [5, 5.41) is 0. The third kappa shape index (κ3) is 1.33. The molecule has 0 aromatic heterocycles. The van der Waals surface area contributed by atoms with Gasteiger partial charge in [-0.2, -0.15) is 0 Å². The van der Waals surface area contributed by atoms with Crippen molar-refractivity contribution in [3.05, 3.63) is 105 Å². The predicted molar refractivity (Wildman–Crippen MR) is 90.7 cm³/mol. The minimum Gasteiger partial charge on any atom is -0.0619 e. The van der Waals surface area contributed by atoms with Gasteiger partial charge in [0.05, 0.1) is 0 Å². The van der Waals surface area contributed by atoms with Gasteiger partial charge >= 0.3 is 0 Å². The van der Waals surface area contributed by atoms with Crippen LogP contribution < -0.4 is 0 Å². The average molecular weight is 282 g/mol. The first kappa shape index (κ1) is 12.2. The molecule has 22 heavy (non-hydrogen) atoms. The summed E-state index contributed by atoms with van der Waals surface area (Å²) < 4.78 is 0. The molecule has 0 amide bonds. The maximum absolute atomic E-state index is 2.33. The van der Waals surface area contributed by atoms with Crippen molar-refractivity contribution in [2.45, 2.75) is 25.7 Å². The van der Waals surface area contributed by atoms with Gasteiger partial charge < -0.3 is 0 Å². The van der Waals surface area contributed by atoms with Gasteiger partial charge in [0.25, 0.3) is 0 Å². The minimum atomic E-state index is 0.408. The first-order chi connectivity index (χ1) is 10.8. The minimum absolute atomic E-state index is 0.408. The molecule has 0 atom stereocenters. The van der Waals surface area contributed by atoms with Gasteiger partial charge in [-0.1, -0.05) is 60.7 Å². The summed E-state index contributed by atoms with van der Waals surface area (Å²) in [7, 11) is 0. The van der Waals surface area contributed by atoms with E-state index in [1.807, 2.05) is 0 Å². The Morgan fingerprint density at radius 1 is 0.500 bits per heavy atom. The van der Waals surface area contributed by atoms with Crippen LogP contribution in [0.5, 0.6) is 0 Å². The van der Waals surface area contributed by atoms with Gasteiger partial charge in [-0.05, 0) is 58.4 Å². The van der Waals surface area contributed by atoms with Gasteiger partial charge in [-0.25, -0.2) is 0 Å². The lowest BCUT2D eigenvalue weighted by molar-refractivity contribution is 0.743. The summed E-state index contributed by atoms with van der Waals surface area (Å²) in [6.07, 6.45) is 0. The molecule has 0 aliphatic heterocycles. The van der Waals surface area contributed by atoms with Crippen LogP contribution in [-0.4, -0.2) is 0 Å². The van der Waals surface area contributed by atoms with E-state index in [1.54, 1.807) is 11.1 Å². The average Bonchev–Trinajstić information content (AvgIpc) is 2.55. The summed E-state index contributed by atoms with van der Waals surface area (Å²) in [5.41, 5.74) is 12.0. The molecule has 0 saturated carbocycles. The van der Waals surface area contributed by atoms with E-state index in [-0.39, 0.29) is 0 Å². The number of benzene rings is 3. The molecule has 0 nitrogen and oxygen atoms in total. The largest absolute Gasteiger partial charge is 0.0619 e. The molecule has 3 aliphatic rings. The molecule has 0 unspecified atom stereocenters. The molecular weight excluding hydrogens is 264 g/mol. The van der Waals surface area contributed by atoms with E-state index in [9.17, 15) is 0 Å². The molecule has 0 spiro atoms. The Hall–Kier alpha value is -2.34. The molecule has 6 rings (SSSR count). The van der Waals surface area contributed by atoms with Crippen LogP contribution in [0.2, 0.25) is 0 Å². The molecule has 3 aromatic rings. The van der Waals surface area contributed by atoms with Crippen molar-refractivity contribution in [2.24, 2.45) is 0 Å². The van der Waals surface area contributed by atoms with Gasteiger partial charge in [0.15, 0.2) is 0 Å². The third-order valence-electron chi connectivity index (χ3n) is 5.53. The van der Waals surface area contributed by atoms with E-state index >= 15 is 0 Å². The maximum Gasteiger partial charge on any atom is 0.0354 e. The fraction of sp³-hybridized carbons (Fsp3) is 0.182. The number of aryl methyl sites for hydroxylation is 2. The monoisotopic (exact) mass is 282 g/mol. The van der Waals surface area contributed by atoms with Crippen molar-refractivity contribution < 1.29 is 0 Å². The second-order valence-electron chi connectivity index (χ2n) is 6.65. The Bertz CT molecular complexity index is 864. The van der Waals surface area contributed by atoms with E-state index in [4.69, 9.17) is 0 Å². The van der Waals surface area contributed by atoms with Crippen LogP contribution >= 0.6 is 0 Å². The van der Waals surface area contributed by atoms with E-state index in [1.165, 1.54) is 33.4 Å². The fourth-order valence-electron chi connectivity index (χ4n) is 4.69. The number of hydrogen-bond acceptors (Lipinski definition) is 0. The third-order valence-corrected chi connectivity index (χ3v) is 5.53. The van der Waals surface area contributed by atoms with Crippen molar-refractivity contribution >= 4 is 0 Å². The molecule has 0 heteroatoms. The smallest absolute Gasteiger partial charge is 0.0354 e. The Labute approximate surface area is 131 Å². The lowest BCUT2D eigenvalue weighted by Crippen LogP contribution is -2.28. The fourth-order valence-corrected chi connectivity index (χ4v) is 4.69.